The number of hydrogen-bond acceptors (Lipinski definition) is 5. The highest BCUT2D eigenvalue weighted by Crippen LogP contribution is 2.27. The van der Waals surface area contributed by atoms with Crippen LogP contribution in [0.3, 0.4) is 0 Å². The monoisotopic (exact) mass is 380 g/mol. The summed E-state index contributed by atoms with van der Waals surface area (Å²) < 4.78 is 11.0. The van der Waals surface area contributed by atoms with E-state index >= 15 is 0 Å². The summed E-state index contributed by atoms with van der Waals surface area (Å²) in [6, 6.07) is 11.1. The summed E-state index contributed by atoms with van der Waals surface area (Å²) in [7, 11) is 1.63. The summed E-state index contributed by atoms with van der Waals surface area (Å²) in [5.74, 6) is 0.519. The van der Waals surface area contributed by atoms with Crippen molar-refractivity contribution in [3.05, 3.63) is 65.7 Å². The average Bonchev–Trinajstić information content (AvgIpc) is 3.07. The number of ether oxygens (including phenoxy) is 2. The molecular weight excluding hydrogens is 356 g/mol. The van der Waals surface area contributed by atoms with Gasteiger partial charge in [0.15, 0.2) is 0 Å². The first-order valence-electron chi connectivity index (χ1n) is 9.06. The van der Waals surface area contributed by atoms with Gasteiger partial charge >= 0.3 is 0 Å². The van der Waals surface area contributed by atoms with Crippen LogP contribution in [0, 0.1) is 6.92 Å². The molecule has 0 bridgehead atoms. The molecule has 1 aromatic carbocycles. The Kier molecular flexibility index (Phi) is 6.39. The number of benzene rings is 1. The van der Waals surface area contributed by atoms with Crippen LogP contribution in [0.5, 0.6) is 5.75 Å². The van der Waals surface area contributed by atoms with Gasteiger partial charge in [-0.2, -0.15) is 5.10 Å². The molecule has 0 aliphatic heterocycles. The fraction of sp³-hybridized carbons (Fsp3) is 0.286. The predicted octanol–water partition coefficient (Wildman–Crippen LogP) is 3.12. The topological polar surface area (TPSA) is 89.1 Å². The first-order chi connectivity index (χ1) is 13.6. The molecule has 7 heteroatoms. The smallest absolute Gasteiger partial charge is 0.251 e. The lowest BCUT2D eigenvalue weighted by Gasteiger charge is -2.15. The maximum atomic E-state index is 12.6. The highest BCUT2D eigenvalue weighted by molar-refractivity contribution is 5.95. The van der Waals surface area contributed by atoms with Gasteiger partial charge < -0.3 is 14.8 Å². The number of hydrogen-bond donors (Lipinski definition) is 2. The summed E-state index contributed by atoms with van der Waals surface area (Å²) in [6.07, 6.45) is 3.15. The van der Waals surface area contributed by atoms with Crippen molar-refractivity contribution in [3.63, 3.8) is 0 Å². The van der Waals surface area contributed by atoms with Crippen molar-refractivity contribution in [3.8, 4) is 16.9 Å². The summed E-state index contributed by atoms with van der Waals surface area (Å²) in [4.78, 5) is 16.6. The highest BCUT2D eigenvalue weighted by Gasteiger charge is 2.15. The van der Waals surface area contributed by atoms with Crippen LogP contribution in [0.25, 0.3) is 11.1 Å². The first kappa shape index (κ1) is 19.6. The number of pyridine rings is 1. The molecule has 28 heavy (non-hydrogen) atoms. The molecule has 0 unspecified atom stereocenters. The van der Waals surface area contributed by atoms with Crippen LogP contribution in [0.4, 0.5) is 0 Å². The number of nitrogens with one attached hydrogen (secondary N) is 2. The van der Waals surface area contributed by atoms with E-state index < -0.39 is 0 Å². The Morgan fingerprint density at radius 3 is 2.89 bits per heavy atom. The summed E-state index contributed by atoms with van der Waals surface area (Å²) in [5, 5.41) is 10.2. The van der Waals surface area contributed by atoms with Crippen molar-refractivity contribution in [2.75, 3.05) is 13.7 Å². The van der Waals surface area contributed by atoms with Gasteiger partial charge in [-0.15, -0.1) is 0 Å². The van der Waals surface area contributed by atoms with Gasteiger partial charge in [0.1, 0.15) is 11.9 Å². The summed E-state index contributed by atoms with van der Waals surface area (Å²) in [6.45, 7) is 4.64. The SMILES string of the molecule is COCc1n[nH]c(C)c1-c1cccc(C(=O)NC[C@H](C)Oc2cccnc2)c1. The minimum absolute atomic E-state index is 0.155. The second-order valence-corrected chi connectivity index (χ2v) is 6.51. The number of rotatable bonds is 8. The predicted molar refractivity (Wildman–Crippen MR) is 106 cm³/mol. The molecule has 0 saturated carbocycles. The minimum atomic E-state index is -0.180. The van der Waals surface area contributed by atoms with Gasteiger partial charge in [0.05, 0.1) is 25.0 Å². The molecule has 0 spiro atoms. The van der Waals surface area contributed by atoms with Crippen LogP contribution < -0.4 is 10.1 Å². The van der Waals surface area contributed by atoms with E-state index in [1.807, 2.05) is 44.2 Å². The van der Waals surface area contributed by atoms with Crippen molar-refractivity contribution in [2.24, 2.45) is 0 Å². The van der Waals surface area contributed by atoms with Crippen molar-refractivity contribution in [1.82, 2.24) is 20.5 Å². The van der Waals surface area contributed by atoms with Gasteiger partial charge in [-0.25, -0.2) is 0 Å². The van der Waals surface area contributed by atoms with Gasteiger partial charge in [0, 0.05) is 30.1 Å². The van der Waals surface area contributed by atoms with Crippen molar-refractivity contribution in [1.29, 1.82) is 0 Å². The molecule has 0 aliphatic rings. The molecule has 3 rings (SSSR count). The second-order valence-electron chi connectivity index (χ2n) is 6.51. The van der Waals surface area contributed by atoms with Crippen LogP contribution in [-0.2, 0) is 11.3 Å². The number of aromatic amines is 1. The third-order valence-electron chi connectivity index (χ3n) is 4.24. The van der Waals surface area contributed by atoms with E-state index in [-0.39, 0.29) is 12.0 Å². The standard InChI is InChI=1S/C21H24N4O3/c1-14(28-18-8-5-9-22-12-18)11-23-21(26)17-7-4-6-16(10-17)20-15(2)24-25-19(20)13-27-3/h4-10,12,14H,11,13H2,1-3H3,(H,23,26)(H,24,25)/t14-/m0/s1. The lowest BCUT2D eigenvalue weighted by molar-refractivity contribution is 0.0932. The Balaban J connectivity index is 1.67. The van der Waals surface area contributed by atoms with E-state index in [4.69, 9.17) is 9.47 Å². The number of carbonyl (C=O) groups is 1. The summed E-state index contributed by atoms with van der Waals surface area (Å²) >= 11 is 0. The number of methoxy groups -OCH3 is 1. The number of carbonyl (C=O) groups excluding carboxylic acids is 1. The third kappa shape index (κ3) is 4.75. The van der Waals surface area contributed by atoms with Crippen molar-refractivity contribution >= 4 is 5.91 Å². The average molecular weight is 380 g/mol. The quantitative estimate of drug-likeness (QED) is 0.627. The van der Waals surface area contributed by atoms with E-state index in [0.717, 1.165) is 22.5 Å². The van der Waals surface area contributed by atoms with Gasteiger partial charge in [0.2, 0.25) is 0 Å². The maximum Gasteiger partial charge on any atom is 0.251 e. The Hall–Kier alpha value is -3.19. The zero-order valence-corrected chi connectivity index (χ0v) is 16.2. The highest BCUT2D eigenvalue weighted by atomic mass is 16.5. The lowest BCUT2D eigenvalue weighted by atomic mass is 10.0. The molecule has 3 aromatic rings. The number of aromatic nitrogens is 3. The van der Waals surface area contributed by atoms with Crippen LogP contribution in [-0.4, -0.2) is 40.8 Å². The molecule has 0 fully saturated rings. The van der Waals surface area contributed by atoms with E-state index in [1.54, 1.807) is 25.6 Å². The van der Waals surface area contributed by atoms with E-state index in [2.05, 4.69) is 20.5 Å². The van der Waals surface area contributed by atoms with E-state index in [9.17, 15) is 4.79 Å². The van der Waals surface area contributed by atoms with E-state index in [0.29, 0.717) is 24.5 Å². The van der Waals surface area contributed by atoms with Crippen LogP contribution in [0.1, 0.15) is 28.7 Å². The van der Waals surface area contributed by atoms with Gasteiger partial charge in [-0.05, 0) is 43.7 Å². The molecular formula is C21H24N4O3. The second kappa shape index (κ2) is 9.14. The number of H-pyrrole nitrogens is 1. The third-order valence-corrected chi connectivity index (χ3v) is 4.24. The van der Waals surface area contributed by atoms with Gasteiger partial charge in [-0.3, -0.25) is 14.9 Å². The van der Waals surface area contributed by atoms with Crippen molar-refractivity contribution < 1.29 is 14.3 Å². The molecule has 2 aromatic heterocycles. The number of aryl methyl sites for hydroxylation is 1. The van der Waals surface area contributed by atoms with E-state index in [1.165, 1.54) is 0 Å². The molecule has 1 amide bonds. The Morgan fingerprint density at radius 2 is 2.14 bits per heavy atom. The molecule has 2 heterocycles. The lowest BCUT2D eigenvalue weighted by Crippen LogP contribution is -2.33. The van der Waals surface area contributed by atoms with Gasteiger partial charge in [0.25, 0.3) is 5.91 Å². The van der Waals surface area contributed by atoms with Crippen LogP contribution in [0.2, 0.25) is 0 Å². The molecule has 146 valence electrons. The Bertz CT molecular complexity index is 924. The van der Waals surface area contributed by atoms with Gasteiger partial charge in [-0.1, -0.05) is 12.1 Å². The largest absolute Gasteiger partial charge is 0.487 e. The zero-order valence-electron chi connectivity index (χ0n) is 16.2. The minimum Gasteiger partial charge on any atom is -0.487 e. The molecule has 2 N–H and O–H groups in total. The zero-order chi connectivity index (χ0) is 19.9. The fourth-order valence-corrected chi connectivity index (χ4v) is 2.95. The normalized spacial score (nSPS) is 11.8. The van der Waals surface area contributed by atoms with Crippen LogP contribution >= 0.6 is 0 Å². The first-order valence-corrected chi connectivity index (χ1v) is 9.06. The molecule has 0 aliphatic carbocycles. The molecule has 0 radical (unpaired) electrons. The number of nitrogens with zero attached hydrogens (tertiary/aromatic N) is 2. The molecule has 0 saturated heterocycles. The van der Waals surface area contributed by atoms with Crippen molar-refractivity contribution in [2.45, 2.75) is 26.6 Å². The fourth-order valence-electron chi connectivity index (χ4n) is 2.95. The summed E-state index contributed by atoms with van der Waals surface area (Å²) in [5.41, 5.74) is 4.21. The Labute approximate surface area is 164 Å². The van der Waals surface area contributed by atoms with Crippen LogP contribution in [0.15, 0.2) is 48.8 Å². The molecule has 1 atom stereocenters. The number of amides is 1. The molecule has 7 nitrogen and oxygen atoms in total. The Morgan fingerprint density at radius 1 is 1.29 bits per heavy atom. The maximum absolute atomic E-state index is 12.6.